The van der Waals surface area contributed by atoms with E-state index in [0.29, 0.717) is 0 Å². The molecule has 1 aromatic rings. The van der Waals surface area contributed by atoms with Gasteiger partial charge in [0.05, 0.1) is 13.0 Å². The summed E-state index contributed by atoms with van der Waals surface area (Å²) in [4.78, 5) is 37.2. The average molecular weight is 358 g/mol. The lowest BCUT2D eigenvalue weighted by atomic mass is 9.78. The molecule has 0 unspecified atom stereocenters. The molecular formula is C15H22N2O8. The largest absolute Gasteiger partial charge is 0.481 e. The van der Waals surface area contributed by atoms with Gasteiger partial charge in [-0.25, -0.2) is 4.79 Å². The quantitative estimate of drug-likeness (QED) is 0.490. The number of nitrogens with zero attached hydrogens (tertiary/aromatic N) is 1. The van der Waals surface area contributed by atoms with Gasteiger partial charge >= 0.3 is 11.7 Å². The van der Waals surface area contributed by atoms with Crippen LogP contribution in [0.2, 0.25) is 0 Å². The molecule has 10 nitrogen and oxygen atoms in total. The highest BCUT2D eigenvalue weighted by atomic mass is 16.6. The molecule has 1 saturated heterocycles. The molecule has 0 aromatic carbocycles. The third kappa shape index (κ3) is 2.61. The van der Waals surface area contributed by atoms with Gasteiger partial charge in [0, 0.05) is 18.9 Å². The summed E-state index contributed by atoms with van der Waals surface area (Å²) in [6, 6.07) is 0. The molecule has 4 N–H and O–H groups in total. The number of aliphatic hydroxyl groups is 2. The number of hydrogen-bond donors (Lipinski definition) is 4. The van der Waals surface area contributed by atoms with Crippen LogP contribution in [0.25, 0.3) is 0 Å². The zero-order chi connectivity index (χ0) is 19.2. The number of carboxylic acid groups (broad SMARTS) is 1. The second-order valence-electron chi connectivity index (χ2n) is 6.51. The predicted molar refractivity (Wildman–Crippen MR) is 84.3 cm³/mol. The molecule has 0 spiro atoms. The minimum Gasteiger partial charge on any atom is -0.481 e. The standard InChI is InChI=1S/C15H22N2O8/c1-13(23)9(7-18)25-15(3,14(13,2)24-4)17-6-8(5-10(19)20)11(21)16-12(17)22/h6,9,18,23H,5,7H2,1-4H3,(H,19,20)(H,16,21,22)/t9-,13-,14-,15-/m1/s1. The predicted octanol–water partition coefficient (Wildman–Crippen LogP) is -1.62. The van der Waals surface area contributed by atoms with Crippen LogP contribution >= 0.6 is 0 Å². The number of methoxy groups -OCH3 is 1. The first-order valence-corrected chi connectivity index (χ1v) is 7.58. The van der Waals surface area contributed by atoms with E-state index >= 15 is 0 Å². The number of rotatable bonds is 5. The van der Waals surface area contributed by atoms with Crippen molar-refractivity contribution in [1.82, 2.24) is 9.55 Å². The summed E-state index contributed by atoms with van der Waals surface area (Å²) in [6.07, 6.45) is -0.610. The maximum absolute atomic E-state index is 12.4. The van der Waals surface area contributed by atoms with E-state index in [-0.39, 0.29) is 5.56 Å². The van der Waals surface area contributed by atoms with E-state index in [9.17, 15) is 24.6 Å². The van der Waals surface area contributed by atoms with Crippen molar-refractivity contribution in [1.29, 1.82) is 0 Å². The van der Waals surface area contributed by atoms with E-state index in [1.165, 1.54) is 27.9 Å². The SMILES string of the molecule is CO[C@@]1(C)[C@](C)(n2cc(CC(=O)O)c(=O)[nH]c2=O)O[C@H](CO)[C@@]1(C)O. The molecule has 0 aliphatic carbocycles. The highest BCUT2D eigenvalue weighted by Crippen LogP contribution is 2.50. The monoisotopic (exact) mass is 358 g/mol. The maximum atomic E-state index is 12.4. The van der Waals surface area contributed by atoms with Crippen molar-refractivity contribution in [3.63, 3.8) is 0 Å². The summed E-state index contributed by atoms with van der Waals surface area (Å²) < 4.78 is 12.2. The van der Waals surface area contributed by atoms with E-state index in [2.05, 4.69) is 0 Å². The van der Waals surface area contributed by atoms with Gasteiger partial charge in [0.25, 0.3) is 5.56 Å². The molecule has 10 heteroatoms. The van der Waals surface area contributed by atoms with E-state index < -0.39 is 53.3 Å². The van der Waals surface area contributed by atoms with Crippen molar-refractivity contribution in [3.8, 4) is 0 Å². The normalized spacial score (nSPS) is 35.0. The lowest BCUT2D eigenvalue weighted by Crippen LogP contribution is -2.63. The van der Waals surface area contributed by atoms with Crippen molar-refractivity contribution in [2.75, 3.05) is 13.7 Å². The van der Waals surface area contributed by atoms with Crippen LogP contribution in [-0.4, -0.2) is 61.9 Å². The van der Waals surface area contributed by atoms with Crippen molar-refractivity contribution in [2.24, 2.45) is 0 Å². The molecule has 0 bridgehead atoms. The number of hydrogen-bond acceptors (Lipinski definition) is 7. The Morgan fingerprint density at radius 1 is 1.40 bits per heavy atom. The molecular weight excluding hydrogens is 336 g/mol. The Hall–Kier alpha value is -2.01. The number of carboxylic acids is 1. The van der Waals surface area contributed by atoms with Gasteiger partial charge in [-0.05, 0) is 20.8 Å². The van der Waals surface area contributed by atoms with Crippen molar-refractivity contribution in [2.45, 2.75) is 50.2 Å². The van der Waals surface area contributed by atoms with Crippen LogP contribution in [0, 0.1) is 0 Å². The van der Waals surface area contributed by atoms with Crippen LogP contribution in [0.4, 0.5) is 0 Å². The number of aliphatic hydroxyl groups excluding tert-OH is 1. The third-order valence-corrected chi connectivity index (χ3v) is 5.24. The molecule has 1 aliphatic rings. The number of aromatic nitrogens is 2. The van der Waals surface area contributed by atoms with Crippen LogP contribution in [0.5, 0.6) is 0 Å². The van der Waals surface area contributed by atoms with Crippen LogP contribution < -0.4 is 11.2 Å². The van der Waals surface area contributed by atoms with Crippen LogP contribution in [0.1, 0.15) is 26.3 Å². The Morgan fingerprint density at radius 2 is 2.00 bits per heavy atom. The molecule has 0 saturated carbocycles. The Labute approximate surface area is 142 Å². The molecule has 1 aliphatic heterocycles. The summed E-state index contributed by atoms with van der Waals surface area (Å²) in [7, 11) is 1.31. The van der Waals surface area contributed by atoms with Crippen LogP contribution in [-0.2, 0) is 26.4 Å². The van der Waals surface area contributed by atoms with Gasteiger partial charge in [-0.3, -0.25) is 19.1 Å². The molecule has 1 fully saturated rings. The minimum absolute atomic E-state index is 0.164. The molecule has 0 amide bonds. The second-order valence-corrected chi connectivity index (χ2v) is 6.51. The number of aromatic amines is 1. The van der Waals surface area contributed by atoms with Gasteiger partial charge in [0.15, 0.2) is 5.72 Å². The molecule has 140 valence electrons. The van der Waals surface area contributed by atoms with Gasteiger partial charge < -0.3 is 24.8 Å². The fourth-order valence-corrected chi connectivity index (χ4v) is 3.30. The molecule has 0 radical (unpaired) electrons. The average Bonchev–Trinajstić information content (AvgIpc) is 2.67. The van der Waals surface area contributed by atoms with Crippen LogP contribution in [0.15, 0.2) is 15.8 Å². The smallest absolute Gasteiger partial charge is 0.330 e. The zero-order valence-electron chi connectivity index (χ0n) is 14.4. The summed E-state index contributed by atoms with van der Waals surface area (Å²) >= 11 is 0. The van der Waals surface area contributed by atoms with E-state index in [1.54, 1.807) is 0 Å². The first-order valence-electron chi connectivity index (χ1n) is 7.58. The Bertz CT molecular complexity index is 797. The minimum atomic E-state index is -1.69. The summed E-state index contributed by atoms with van der Waals surface area (Å²) in [5.41, 5.74) is -6.67. The van der Waals surface area contributed by atoms with E-state index in [1.807, 2.05) is 4.98 Å². The van der Waals surface area contributed by atoms with E-state index in [4.69, 9.17) is 14.6 Å². The first-order chi connectivity index (χ1) is 11.4. The Morgan fingerprint density at radius 3 is 2.48 bits per heavy atom. The van der Waals surface area contributed by atoms with Gasteiger partial charge in [-0.2, -0.15) is 0 Å². The van der Waals surface area contributed by atoms with Crippen molar-refractivity contribution in [3.05, 3.63) is 32.6 Å². The highest BCUT2D eigenvalue weighted by Gasteiger charge is 2.69. The fourth-order valence-electron chi connectivity index (χ4n) is 3.30. The number of aliphatic carboxylic acids is 1. The molecule has 1 aromatic heterocycles. The lowest BCUT2D eigenvalue weighted by Gasteiger charge is -2.44. The van der Waals surface area contributed by atoms with Crippen molar-refractivity contribution >= 4 is 5.97 Å². The number of nitrogens with one attached hydrogen (secondary N) is 1. The Kier molecular flexibility index (Phi) is 4.68. The van der Waals surface area contributed by atoms with Gasteiger partial charge in [-0.1, -0.05) is 0 Å². The third-order valence-electron chi connectivity index (χ3n) is 5.24. The highest BCUT2D eigenvalue weighted by molar-refractivity contribution is 5.69. The lowest BCUT2D eigenvalue weighted by molar-refractivity contribution is -0.204. The first kappa shape index (κ1) is 19.3. The van der Waals surface area contributed by atoms with Gasteiger partial charge in [0.1, 0.15) is 17.3 Å². The molecule has 2 rings (SSSR count). The zero-order valence-corrected chi connectivity index (χ0v) is 14.4. The van der Waals surface area contributed by atoms with Gasteiger partial charge in [0.2, 0.25) is 0 Å². The van der Waals surface area contributed by atoms with Crippen LogP contribution in [0.3, 0.4) is 0 Å². The number of ether oxygens (including phenoxy) is 2. The van der Waals surface area contributed by atoms with E-state index in [0.717, 1.165) is 10.8 Å². The molecule has 2 heterocycles. The Balaban J connectivity index is 2.73. The number of H-pyrrole nitrogens is 1. The maximum Gasteiger partial charge on any atom is 0.330 e. The summed E-state index contributed by atoms with van der Waals surface area (Å²) in [5.74, 6) is -1.25. The second kappa shape index (κ2) is 6.06. The summed E-state index contributed by atoms with van der Waals surface area (Å²) in [6.45, 7) is 3.81. The topological polar surface area (TPSA) is 151 Å². The van der Waals surface area contributed by atoms with Gasteiger partial charge in [-0.15, -0.1) is 0 Å². The molecule has 25 heavy (non-hydrogen) atoms. The molecule has 4 atom stereocenters. The fraction of sp³-hybridized carbons (Fsp3) is 0.667. The number of carbonyl (C=O) groups is 1. The summed E-state index contributed by atoms with van der Waals surface area (Å²) in [5, 5.41) is 29.3. The van der Waals surface area contributed by atoms with Crippen molar-refractivity contribution < 1.29 is 29.6 Å².